The first-order valence-electron chi connectivity index (χ1n) is 9.35. The van der Waals surface area contributed by atoms with Gasteiger partial charge in [0.15, 0.2) is 0 Å². The Bertz CT molecular complexity index is 631. The zero-order valence-corrected chi connectivity index (χ0v) is 15.6. The Labute approximate surface area is 157 Å². The molecule has 1 heterocycles. The van der Waals surface area contributed by atoms with Crippen LogP contribution in [-0.2, 0) is 9.59 Å². The highest BCUT2D eigenvalue weighted by Gasteiger charge is 2.48. The van der Waals surface area contributed by atoms with Crippen LogP contribution in [0, 0.1) is 0 Å². The molecule has 27 heavy (non-hydrogen) atoms. The van der Waals surface area contributed by atoms with Gasteiger partial charge in [-0.1, -0.05) is 26.2 Å². The minimum atomic E-state index is -5.06. The summed E-state index contributed by atoms with van der Waals surface area (Å²) in [4.78, 5) is 29.7. The number of hydrogen-bond acceptors (Lipinski definition) is 3. The van der Waals surface area contributed by atoms with Gasteiger partial charge in [0.05, 0.1) is 0 Å². The van der Waals surface area contributed by atoms with E-state index in [1.54, 1.807) is 6.92 Å². The molecule has 2 rings (SSSR count). The Balaban J connectivity index is 2.39. The van der Waals surface area contributed by atoms with Gasteiger partial charge in [0.1, 0.15) is 6.04 Å². The third kappa shape index (κ3) is 5.43. The summed E-state index contributed by atoms with van der Waals surface area (Å²) in [5.74, 6) is -2.58. The summed E-state index contributed by atoms with van der Waals surface area (Å²) in [6.45, 7) is 3.20. The standard InChI is InChI=1S/C19H26F3N3O2/c1-3-13(2)25(18(27)19(20,21)22)16(14-9-11-23-12-10-14)17(26)24-15-7-5-4-6-8-15/h9-13,15-16H,3-8H2,1-2H3,(H,24,26)/t13-,16+/m0/s1. The zero-order valence-electron chi connectivity index (χ0n) is 15.6. The Hall–Kier alpha value is -2.12. The second kappa shape index (κ2) is 9.19. The fourth-order valence-corrected chi connectivity index (χ4v) is 3.43. The number of nitrogens with zero attached hydrogens (tertiary/aromatic N) is 2. The molecule has 1 aromatic rings. The van der Waals surface area contributed by atoms with E-state index in [-0.39, 0.29) is 6.04 Å². The highest BCUT2D eigenvalue weighted by atomic mass is 19.4. The molecular weight excluding hydrogens is 359 g/mol. The average molecular weight is 385 g/mol. The van der Waals surface area contributed by atoms with E-state index in [1.165, 1.54) is 31.5 Å². The van der Waals surface area contributed by atoms with E-state index in [0.717, 1.165) is 32.1 Å². The van der Waals surface area contributed by atoms with Gasteiger partial charge in [0, 0.05) is 24.5 Å². The molecule has 0 saturated heterocycles. The SMILES string of the molecule is CC[C@H](C)N(C(=O)C(F)(F)F)[C@@H](C(=O)NC1CCCCC1)c1ccncc1. The average Bonchev–Trinajstić information content (AvgIpc) is 2.65. The third-order valence-corrected chi connectivity index (χ3v) is 5.04. The molecular formula is C19H26F3N3O2. The number of halogens is 3. The molecule has 1 saturated carbocycles. The first-order valence-corrected chi connectivity index (χ1v) is 9.35. The zero-order chi connectivity index (χ0) is 20.0. The number of pyridine rings is 1. The predicted octanol–water partition coefficient (Wildman–Crippen LogP) is 3.76. The van der Waals surface area contributed by atoms with Crippen molar-refractivity contribution < 1.29 is 22.8 Å². The van der Waals surface area contributed by atoms with Gasteiger partial charge >= 0.3 is 12.1 Å². The van der Waals surface area contributed by atoms with Crippen LogP contribution < -0.4 is 5.32 Å². The van der Waals surface area contributed by atoms with Gasteiger partial charge in [-0.25, -0.2) is 0 Å². The molecule has 0 aliphatic heterocycles. The number of alkyl halides is 3. The van der Waals surface area contributed by atoms with Crippen molar-refractivity contribution in [2.24, 2.45) is 0 Å². The van der Waals surface area contributed by atoms with Crippen LogP contribution in [0.3, 0.4) is 0 Å². The maximum atomic E-state index is 13.3. The summed E-state index contributed by atoms with van der Waals surface area (Å²) in [6.07, 6.45) is 2.68. The van der Waals surface area contributed by atoms with Crippen molar-refractivity contribution in [1.82, 2.24) is 15.2 Å². The van der Waals surface area contributed by atoms with Gasteiger partial charge in [-0.15, -0.1) is 0 Å². The van der Waals surface area contributed by atoms with E-state index in [2.05, 4.69) is 10.3 Å². The quantitative estimate of drug-likeness (QED) is 0.811. The number of carbonyl (C=O) groups excluding carboxylic acids is 2. The Morgan fingerprint density at radius 2 is 1.81 bits per heavy atom. The largest absolute Gasteiger partial charge is 0.471 e. The van der Waals surface area contributed by atoms with E-state index in [1.807, 2.05) is 0 Å². The number of carbonyl (C=O) groups is 2. The van der Waals surface area contributed by atoms with Crippen LogP contribution in [0.15, 0.2) is 24.5 Å². The van der Waals surface area contributed by atoms with Crippen molar-refractivity contribution in [3.63, 3.8) is 0 Å². The lowest BCUT2D eigenvalue weighted by atomic mass is 9.94. The van der Waals surface area contributed by atoms with Crippen LogP contribution in [0.1, 0.15) is 64.0 Å². The summed E-state index contributed by atoms with van der Waals surface area (Å²) in [6, 6.07) is 0.776. The van der Waals surface area contributed by atoms with Gasteiger partial charge in [0.2, 0.25) is 5.91 Å². The first-order chi connectivity index (χ1) is 12.8. The molecule has 0 aromatic carbocycles. The van der Waals surface area contributed by atoms with Crippen molar-refractivity contribution in [2.45, 2.75) is 76.7 Å². The van der Waals surface area contributed by atoms with Gasteiger partial charge in [-0.2, -0.15) is 13.2 Å². The molecule has 150 valence electrons. The smallest absolute Gasteiger partial charge is 0.351 e. The molecule has 0 radical (unpaired) electrons. The normalized spacial score (nSPS) is 17.8. The van der Waals surface area contributed by atoms with Crippen molar-refractivity contribution in [3.8, 4) is 0 Å². The minimum Gasteiger partial charge on any atom is -0.351 e. The van der Waals surface area contributed by atoms with Crippen LogP contribution in [0.5, 0.6) is 0 Å². The number of rotatable bonds is 6. The molecule has 0 bridgehead atoms. The first kappa shape index (κ1) is 21.2. The van der Waals surface area contributed by atoms with Crippen LogP contribution in [0.25, 0.3) is 0 Å². The third-order valence-electron chi connectivity index (χ3n) is 5.04. The number of nitrogens with one attached hydrogen (secondary N) is 1. The second-order valence-electron chi connectivity index (χ2n) is 6.99. The van der Waals surface area contributed by atoms with Gasteiger partial charge in [0.25, 0.3) is 0 Å². The topological polar surface area (TPSA) is 62.3 Å². The predicted molar refractivity (Wildman–Crippen MR) is 94.6 cm³/mol. The van der Waals surface area contributed by atoms with Gasteiger partial charge < -0.3 is 10.2 Å². The van der Waals surface area contributed by atoms with E-state index in [0.29, 0.717) is 16.9 Å². The molecule has 1 aliphatic rings. The van der Waals surface area contributed by atoms with E-state index in [4.69, 9.17) is 0 Å². The summed E-state index contributed by atoms with van der Waals surface area (Å²) < 4.78 is 39.8. The van der Waals surface area contributed by atoms with Gasteiger partial charge in [-0.05, 0) is 43.9 Å². The monoisotopic (exact) mass is 385 g/mol. The lowest BCUT2D eigenvalue weighted by Crippen LogP contribution is -2.53. The molecule has 1 fully saturated rings. The minimum absolute atomic E-state index is 0.0737. The summed E-state index contributed by atoms with van der Waals surface area (Å²) in [5, 5.41) is 2.86. The molecule has 1 aromatic heterocycles. The van der Waals surface area contributed by atoms with Crippen LogP contribution in [0.2, 0.25) is 0 Å². The van der Waals surface area contributed by atoms with Gasteiger partial charge in [-0.3, -0.25) is 14.6 Å². The van der Waals surface area contributed by atoms with Crippen LogP contribution in [0.4, 0.5) is 13.2 Å². The number of aromatic nitrogens is 1. The fourth-order valence-electron chi connectivity index (χ4n) is 3.43. The molecule has 2 amide bonds. The second-order valence-corrected chi connectivity index (χ2v) is 6.99. The fraction of sp³-hybridized carbons (Fsp3) is 0.632. The van der Waals surface area contributed by atoms with E-state index < -0.39 is 30.1 Å². The number of hydrogen-bond donors (Lipinski definition) is 1. The molecule has 1 aliphatic carbocycles. The van der Waals surface area contributed by atoms with Crippen molar-refractivity contribution in [3.05, 3.63) is 30.1 Å². The van der Waals surface area contributed by atoms with Crippen molar-refractivity contribution >= 4 is 11.8 Å². The van der Waals surface area contributed by atoms with E-state index in [9.17, 15) is 22.8 Å². The molecule has 5 nitrogen and oxygen atoms in total. The van der Waals surface area contributed by atoms with Crippen molar-refractivity contribution in [1.29, 1.82) is 0 Å². The number of amides is 2. The lowest BCUT2D eigenvalue weighted by molar-refractivity contribution is -0.191. The van der Waals surface area contributed by atoms with Crippen molar-refractivity contribution in [2.75, 3.05) is 0 Å². The highest BCUT2D eigenvalue weighted by Crippen LogP contribution is 2.31. The molecule has 2 atom stereocenters. The van der Waals surface area contributed by atoms with E-state index >= 15 is 0 Å². The summed E-state index contributed by atoms with van der Waals surface area (Å²) in [5.41, 5.74) is 0.316. The molecule has 0 spiro atoms. The van der Waals surface area contributed by atoms with Crippen LogP contribution in [-0.4, -0.2) is 40.0 Å². The Morgan fingerprint density at radius 1 is 1.22 bits per heavy atom. The molecule has 1 N–H and O–H groups in total. The maximum Gasteiger partial charge on any atom is 0.471 e. The molecule has 8 heteroatoms. The summed E-state index contributed by atoms with van der Waals surface area (Å²) >= 11 is 0. The molecule has 0 unspecified atom stereocenters. The Kier molecular flexibility index (Phi) is 7.21. The Morgan fingerprint density at radius 3 is 2.33 bits per heavy atom. The maximum absolute atomic E-state index is 13.3. The lowest BCUT2D eigenvalue weighted by Gasteiger charge is -2.37. The highest BCUT2D eigenvalue weighted by molar-refractivity contribution is 5.91. The van der Waals surface area contributed by atoms with Crippen LogP contribution >= 0.6 is 0 Å². The summed E-state index contributed by atoms with van der Waals surface area (Å²) in [7, 11) is 0.